The van der Waals surface area contributed by atoms with Crippen LogP contribution in [0.5, 0.6) is 0 Å². The average molecular weight is 284 g/mol. The summed E-state index contributed by atoms with van der Waals surface area (Å²) in [5.41, 5.74) is 3.81. The number of anilines is 1. The van der Waals surface area contributed by atoms with E-state index in [2.05, 4.69) is 17.5 Å². The average Bonchev–Trinajstić information content (AvgIpc) is 3.01. The number of furan rings is 1. The highest BCUT2D eigenvalue weighted by atomic mass is 16.4. The minimum atomic E-state index is -0.942. The summed E-state index contributed by atoms with van der Waals surface area (Å²) in [6.07, 6.45) is 2.81. The molecule has 1 aromatic carbocycles. The van der Waals surface area contributed by atoms with Crippen LogP contribution in [0.4, 0.5) is 5.69 Å². The van der Waals surface area contributed by atoms with E-state index in [1.54, 1.807) is 18.3 Å². The topological polar surface area (TPSA) is 74.8 Å². The van der Waals surface area contributed by atoms with Crippen molar-refractivity contribution in [2.45, 2.75) is 19.3 Å². The quantitative estimate of drug-likeness (QED) is 0.650. The Labute approximate surface area is 122 Å². The Bertz CT molecular complexity index is 673. The minimum absolute atomic E-state index is 0.249. The molecule has 21 heavy (non-hydrogen) atoms. The molecule has 1 saturated carbocycles. The van der Waals surface area contributed by atoms with Crippen molar-refractivity contribution in [2.75, 3.05) is 5.43 Å². The Kier molecular flexibility index (Phi) is 3.48. The van der Waals surface area contributed by atoms with E-state index in [-0.39, 0.29) is 5.56 Å². The lowest BCUT2D eigenvalue weighted by molar-refractivity contribution is 0.0697. The molecular formula is C16H16N2O3. The van der Waals surface area contributed by atoms with E-state index in [4.69, 9.17) is 9.52 Å². The number of hydrogen-bond donors (Lipinski definition) is 2. The lowest BCUT2D eigenvalue weighted by atomic mass is 10.2. The summed E-state index contributed by atoms with van der Waals surface area (Å²) in [5, 5.41) is 12.9. The molecule has 1 fully saturated rings. The van der Waals surface area contributed by atoms with E-state index in [1.807, 2.05) is 12.1 Å². The van der Waals surface area contributed by atoms with Crippen LogP contribution in [0.2, 0.25) is 0 Å². The van der Waals surface area contributed by atoms with Gasteiger partial charge in [0.2, 0.25) is 0 Å². The number of hydrazone groups is 1. The summed E-state index contributed by atoms with van der Waals surface area (Å²) in [5.74, 6) is 2.06. The molecule has 1 aliphatic rings. The van der Waals surface area contributed by atoms with Crippen LogP contribution in [0.3, 0.4) is 0 Å². The van der Waals surface area contributed by atoms with Crippen molar-refractivity contribution in [3.63, 3.8) is 0 Å². The Morgan fingerprint density at radius 2 is 2.05 bits per heavy atom. The van der Waals surface area contributed by atoms with Crippen LogP contribution in [-0.2, 0) is 0 Å². The van der Waals surface area contributed by atoms with Crippen LogP contribution >= 0.6 is 0 Å². The number of benzene rings is 1. The maximum absolute atomic E-state index is 10.7. The molecule has 2 atom stereocenters. The molecule has 0 amide bonds. The molecule has 0 radical (unpaired) electrons. The van der Waals surface area contributed by atoms with Gasteiger partial charge in [-0.15, -0.1) is 0 Å². The molecule has 2 N–H and O–H groups in total. The molecule has 0 aliphatic heterocycles. The van der Waals surface area contributed by atoms with E-state index in [1.165, 1.54) is 18.6 Å². The number of aromatic carboxylic acids is 1. The number of carboxylic acids is 1. The van der Waals surface area contributed by atoms with Gasteiger partial charge in [0, 0.05) is 5.92 Å². The van der Waals surface area contributed by atoms with E-state index in [0.717, 1.165) is 11.4 Å². The van der Waals surface area contributed by atoms with Crippen LogP contribution in [0, 0.1) is 5.92 Å². The Hall–Kier alpha value is -2.56. The van der Waals surface area contributed by atoms with Crippen molar-refractivity contribution >= 4 is 17.9 Å². The number of nitrogens with zero attached hydrogens (tertiary/aromatic N) is 1. The first-order valence-electron chi connectivity index (χ1n) is 6.85. The Morgan fingerprint density at radius 3 is 2.67 bits per heavy atom. The lowest BCUT2D eigenvalue weighted by Crippen LogP contribution is -1.96. The number of carbonyl (C=O) groups is 1. The van der Waals surface area contributed by atoms with Crippen LogP contribution in [0.15, 0.2) is 45.9 Å². The van der Waals surface area contributed by atoms with Crippen molar-refractivity contribution in [1.82, 2.24) is 0 Å². The molecule has 5 nitrogen and oxygen atoms in total. The normalized spacial score (nSPS) is 20.6. The van der Waals surface area contributed by atoms with Crippen LogP contribution < -0.4 is 5.43 Å². The SMILES string of the molecule is C[C@@H]1C[C@@H]1c1ccc(/C=N\Nc2ccc(C(=O)O)cc2)o1. The van der Waals surface area contributed by atoms with Crippen molar-refractivity contribution in [3.05, 3.63) is 53.5 Å². The van der Waals surface area contributed by atoms with E-state index in [0.29, 0.717) is 17.6 Å². The van der Waals surface area contributed by atoms with Crippen LogP contribution in [0.1, 0.15) is 41.1 Å². The van der Waals surface area contributed by atoms with Crippen molar-refractivity contribution in [2.24, 2.45) is 11.0 Å². The second kappa shape index (κ2) is 5.44. The molecule has 1 aliphatic carbocycles. The van der Waals surface area contributed by atoms with Gasteiger partial charge >= 0.3 is 5.97 Å². The minimum Gasteiger partial charge on any atom is -0.478 e. The van der Waals surface area contributed by atoms with Gasteiger partial charge in [0.1, 0.15) is 11.5 Å². The van der Waals surface area contributed by atoms with Gasteiger partial charge in [0.25, 0.3) is 0 Å². The highest BCUT2D eigenvalue weighted by Crippen LogP contribution is 2.47. The second-order valence-electron chi connectivity index (χ2n) is 5.31. The van der Waals surface area contributed by atoms with E-state index < -0.39 is 5.97 Å². The predicted octanol–water partition coefficient (Wildman–Crippen LogP) is 3.55. The molecule has 0 unspecified atom stereocenters. The standard InChI is InChI=1S/C16H16N2O3/c1-10-8-14(10)15-7-6-13(21-15)9-17-18-12-4-2-11(3-5-12)16(19)20/h2-7,9-10,14,18H,8H2,1H3,(H,19,20)/b17-9-/t10-,14+/m1/s1. The molecule has 1 heterocycles. The van der Waals surface area contributed by atoms with Crippen LogP contribution in [-0.4, -0.2) is 17.3 Å². The molecule has 5 heteroatoms. The first-order chi connectivity index (χ1) is 10.1. The lowest BCUT2D eigenvalue weighted by Gasteiger charge is -1.99. The molecular weight excluding hydrogens is 268 g/mol. The zero-order valence-electron chi connectivity index (χ0n) is 11.6. The molecule has 0 bridgehead atoms. The monoisotopic (exact) mass is 284 g/mol. The van der Waals surface area contributed by atoms with Gasteiger partial charge in [0.05, 0.1) is 17.5 Å². The van der Waals surface area contributed by atoms with Gasteiger partial charge in [-0.25, -0.2) is 4.79 Å². The fraction of sp³-hybridized carbons (Fsp3) is 0.250. The summed E-state index contributed by atoms with van der Waals surface area (Å²) in [7, 11) is 0. The van der Waals surface area contributed by atoms with Gasteiger partial charge in [-0.05, 0) is 48.7 Å². The Morgan fingerprint density at radius 1 is 1.33 bits per heavy atom. The highest BCUT2D eigenvalue weighted by molar-refractivity contribution is 5.88. The van der Waals surface area contributed by atoms with Gasteiger partial charge in [-0.3, -0.25) is 5.43 Å². The second-order valence-corrected chi connectivity index (χ2v) is 5.31. The molecule has 108 valence electrons. The number of nitrogens with one attached hydrogen (secondary N) is 1. The van der Waals surface area contributed by atoms with Gasteiger partial charge < -0.3 is 9.52 Å². The highest BCUT2D eigenvalue weighted by Gasteiger charge is 2.36. The zero-order chi connectivity index (χ0) is 14.8. The molecule has 1 aromatic heterocycles. The third-order valence-corrected chi connectivity index (χ3v) is 3.64. The number of rotatable bonds is 5. The van der Waals surface area contributed by atoms with Gasteiger partial charge in [-0.2, -0.15) is 5.10 Å². The fourth-order valence-electron chi connectivity index (χ4n) is 2.21. The van der Waals surface area contributed by atoms with E-state index >= 15 is 0 Å². The third-order valence-electron chi connectivity index (χ3n) is 3.64. The predicted molar refractivity (Wildman–Crippen MR) is 79.8 cm³/mol. The first-order valence-corrected chi connectivity index (χ1v) is 6.85. The van der Waals surface area contributed by atoms with Crippen molar-refractivity contribution < 1.29 is 14.3 Å². The summed E-state index contributed by atoms with van der Waals surface area (Å²) >= 11 is 0. The zero-order valence-corrected chi connectivity index (χ0v) is 11.6. The third kappa shape index (κ3) is 3.13. The molecule has 2 aromatic rings. The summed E-state index contributed by atoms with van der Waals surface area (Å²) in [6.45, 7) is 2.21. The maximum atomic E-state index is 10.7. The fourth-order valence-corrected chi connectivity index (χ4v) is 2.21. The number of hydrogen-bond acceptors (Lipinski definition) is 4. The first kappa shape index (κ1) is 13.4. The molecule has 3 rings (SSSR count). The van der Waals surface area contributed by atoms with Crippen molar-refractivity contribution in [3.8, 4) is 0 Å². The van der Waals surface area contributed by atoms with Crippen LogP contribution in [0.25, 0.3) is 0 Å². The smallest absolute Gasteiger partial charge is 0.335 e. The van der Waals surface area contributed by atoms with Gasteiger partial charge in [0.15, 0.2) is 0 Å². The molecule has 0 spiro atoms. The summed E-state index contributed by atoms with van der Waals surface area (Å²) < 4.78 is 5.70. The van der Waals surface area contributed by atoms with Crippen molar-refractivity contribution in [1.29, 1.82) is 0 Å². The largest absolute Gasteiger partial charge is 0.478 e. The van der Waals surface area contributed by atoms with E-state index in [9.17, 15) is 4.79 Å². The Balaban J connectivity index is 1.59. The number of carboxylic acid groups (broad SMARTS) is 1. The molecule has 0 saturated heterocycles. The summed E-state index contributed by atoms with van der Waals surface area (Å²) in [4.78, 5) is 10.7. The van der Waals surface area contributed by atoms with Gasteiger partial charge in [-0.1, -0.05) is 6.92 Å². The summed E-state index contributed by atoms with van der Waals surface area (Å²) in [6, 6.07) is 10.3. The maximum Gasteiger partial charge on any atom is 0.335 e.